The van der Waals surface area contributed by atoms with Gasteiger partial charge in [-0.1, -0.05) is 30.3 Å². The van der Waals surface area contributed by atoms with Gasteiger partial charge in [0.15, 0.2) is 0 Å². The van der Waals surface area contributed by atoms with Gasteiger partial charge in [0, 0.05) is 11.1 Å². The van der Waals surface area contributed by atoms with Crippen LogP contribution in [0.15, 0.2) is 54.7 Å². The van der Waals surface area contributed by atoms with Crippen LogP contribution in [0.5, 0.6) is 0 Å². The van der Waals surface area contributed by atoms with Crippen molar-refractivity contribution in [3.8, 4) is 11.3 Å². The molecule has 3 aromatic rings. The predicted molar refractivity (Wildman–Crippen MR) is 92.3 cm³/mol. The van der Waals surface area contributed by atoms with Gasteiger partial charge >= 0.3 is 0 Å². The average Bonchev–Trinajstić information content (AvgIpc) is 3.11. The molecule has 2 unspecified atom stereocenters. The summed E-state index contributed by atoms with van der Waals surface area (Å²) in [5.41, 5.74) is 0.648. The standard InChI is InChI=1S/C19H17F2N3O2/c1-11(18(25)13-7-3-5-9-16(13)21)23-19(26)14-10-22-24-17(14)12-6-2-4-8-15(12)20/h2-11,18,25H,1H3,(H,22,24)(H,23,26). The molecular formula is C19H17F2N3O2. The number of nitrogens with one attached hydrogen (secondary N) is 2. The summed E-state index contributed by atoms with van der Waals surface area (Å²) in [4.78, 5) is 12.5. The Labute approximate surface area is 148 Å². The number of carbonyl (C=O) groups is 1. The number of hydrogen-bond acceptors (Lipinski definition) is 3. The van der Waals surface area contributed by atoms with Gasteiger partial charge in [-0.15, -0.1) is 0 Å². The second-order valence-corrected chi connectivity index (χ2v) is 5.87. The van der Waals surface area contributed by atoms with E-state index in [2.05, 4.69) is 15.5 Å². The minimum absolute atomic E-state index is 0.0850. The topological polar surface area (TPSA) is 78.0 Å². The van der Waals surface area contributed by atoms with Gasteiger partial charge in [0.25, 0.3) is 5.91 Å². The first-order valence-electron chi connectivity index (χ1n) is 8.00. The van der Waals surface area contributed by atoms with Crippen LogP contribution in [0, 0.1) is 11.6 Å². The highest BCUT2D eigenvalue weighted by Gasteiger charge is 2.24. The zero-order valence-corrected chi connectivity index (χ0v) is 13.9. The second-order valence-electron chi connectivity index (χ2n) is 5.87. The van der Waals surface area contributed by atoms with Crippen LogP contribution in [0.2, 0.25) is 0 Å². The molecule has 7 heteroatoms. The van der Waals surface area contributed by atoms with Crippen molar-refractivity contribution in [3.05, 3.63) is 77.5 Å². The van der Waals surface area contributed by atoms with Crippen molar-refractivity contribution < 1.29 is 18.7 Å². The lowest BCUT2D eigenvalue weighted by Crippen LogP contribution is -2.37. The van der Waals surface area contributed by atoms with Crippen LogP contribution in [0.4, 0.5) is 8.78 Å². The Morgan fingerprint density at radius 1 is 1.12 bits per heavy atom. The Hall–Kier alpha value is -3.06. The van der Waals surface area contributed by atoms with Crippen molar-refractivity contribution in [2.75, 3.05) is 0 Å². The van der Waals surface area contributed by atoms with Gasteiger partial charge in [-0.25, -0.2) is 8.78 Å². The van der Waals surface area contributed by atoms with Crippen molar-refractivity contribution in [3.63, 3.8) is 0 Å². The second kappa shape index (κ2) is 7.45. The Bertz CT molecular complexity index is 926. The quantitative estimate of drug-likeness (QED) is 0.656. The van der Waals surface area contributed by atoms with Crippen molar-refractivity contribution in [1.82, 2.24) is 15.5 Å². The lowest BCUT2D eigenvalue weighted by atomic mass is 10.0. The Kier molecular flexibility index (Phi) is 5.09. The van der Waals surface area contributed by atoms with E-state index in [-0.39, 0.29) is 22.4 Å². The molecule has 0 spiro atoms. The van der Waals surface area contributed by atoms with E-state index < -0.39 is 29.7 Å². The smallest absolute Gasteiger partial charge is 0.255 e. The van der Waals surface area contributed by atoms with Crippen molar-refractivity contribution in [2.24, 2.45) is 0 Å². The number of H-pyrrole nitrogens is 1. The number of aliphatic hydroxyl groups is 1. The number of aromatic nitrogens is 2. The Balaban J connectivity index is 1.80. The minimum atomic E-state index is -1.23. The molecule has 0 fully saturated rings. The third-order valence-electron chi connectivity index (χ3n) is 4.08. The van der Waals surface area contributed by atoms with E-state index in [4.69, 9.17) is 0 Å². The normalized spacial score (nSPS) is 13.2. The van der Waals surface area contributed by atoms with Gasteiger partial charge in [0.1, 0.15) is 17.7 Å². The van der Waals surface area contributed by atoms with Crippen LogP contribution in [-0.4, -0.2) is 27.3 Å². The van der Waals surface area contributed by atoms with Crippen LogP contribution < -0.4 is 5.32 Å². The summed E-state index contributed by atoms with van der Waals surface area (Å²) in [5.74, 6) is -1.61. The van der Waals surface area contributed by atoms with Gasteiger partial charge in [0.05, 0.1) is 23.5 Å². The van der Waals surface area contributed by atoms with Crippen LogP contribution >= 0.6 is 0 Å². The molecule has 1 aromatic heterocycles. The molecule has 3 rings (SSSR count). The van der Waals surface area contributed by atoms with Gasteiger partial charge in [-0.3, -0.25) is 9.89 Å². The summed E-state index contributed by atoms with van der Waals surface area (Å²) in [6.07, 6.45) is 0.0446. The summed E-state index contributed by atoms with van der Waals surface area (Å²) in [5, 5.41) is 19.3. The third kappa shape index (κ3) is 3.48. The monoisotopic (exact) mass is 357 g/mol. The molecule has 0 saturated heterocycles. The molecule has 0 saturated carbocycles. The molecule has 5 nitrogen and oxygen atoms in total. The number of benzene rings is 2. The van der Waals surface area contributed by atoms with E-state index in [9.17, 15) is 18.7 Å². The summed E-state index contributed by atoms with van der Waals surface area (Å²) >= 11 is 0. The summed E-state index contributed by atoms with van der Waals surface area (Å²) in [7, 11) is 0. The molecule has 2 atom stereocenters. The van der Waals surface area contributed by atoms with E-state index in [1.807, 2.05) is 0 Å². The zero-order chi connectivity index (χ0) is 18.7. The number of rotatable bonds is 5. The lowest BCUT2D eigenvalue weighted by molar-refractivity contribution is 0.0846. The molecular weight excluding hydrogens is 340 g/mol. The number of aromatic amines is 1. The first-order chi connectivity index (χ1) is 12.5. The SMILES string of the molecule is CC(NC(=O)c1cn[nH]c1-c1ccccc1F)C(O)c1ccccc1F. The molecule has 26 heavy (non-hydrogen) atoms. The molecule has 0 bridgehead atoms. The Morgan fingerprint density at radius 3 is 2.46 bits per heavy atom. The van der Waals surface area contributed by atoms with Crippen LogP contribution in [0.3, 0.4) is 0 Å². The number of nitrogens with zero attached hydrogens (tertiary/aromatic N) is 1. The average molecular weight is 357 g/mol. The third-order valence-corrected chi connectivity index (χ3v) is 4.08. The fourth-order valence-electron chi connectivity index (χ4n) is 2.68. The number of amides is 1. The Morgan fingerprint density at radius 2 is 1.77 bits per heavy atom. The minimum Gasteiger partial charge on any atom is -0.386 e. The van der Waals surface area contributed by atoms with Crippen LogP contribution in [0.1, 0.15) is 28.9 Å². The van der Waals surface area contributed by atoms with E-state index in [1.165, 1.54) is 36.5 Å². The summed E-state index contributed by atoms with van der Waals surface area (Å²) < 4.78 is 27.8. The van der Waals surface area contributed by atoms with Gasteiger partial charge in [-0.05, 0) is 25.1 Å². The van der Waals surface area contributed by atoms with Crippen molar-refractivity contribution >= 4 is 5.91 Å². The molecule has 134 valence electrons. The molecule has 0 aliphatic carbocycles. The maximum absolute atomic E-state index is 14.0. The zero-order valence-electron chi connectivity index (χ0n) is 13.9. The lowest BCUT2D eigenvalue weighted by Gasteiger charge is -2.21. The highest BCUT2D eigenvalue weighted by atomic mass is 19.1. The molecule has 2 aromatic carbocycles. The number of hydrogen-bond donors (Lipinski definition) is 3. The highest BCUT2D eigenvalue weighted by Crippen LogP contribution is 2.25. The van der Waals surface area contributed by atoms with Crippen molar-refractivity contribution in [2.45, 2.75) is 19.1 Å². The van der Waals surface area contributed by atoms with E-state index in [0.717, 1.165) is 0 Å². The van der Waals surface area contributed by atoms with Gasteiger partial charge < -0.3 is 10.4 Å². The highest BCUT2D eigenvalue weighted by molar-refractivity contribution is 5.99. The first-order valence-corrected chi connectivity index (χ1v) is 8.00. The molecule has 0 aliphatic heterocycles. The number of carbonyl (C=O) groups excluding carboxylic acids is 1. The molecule has 1 amide bonds. The van der Waals surface area contributed by atoms with Crippen LogP contribution in [0.25, 0.3) is 11.3 Å². The first kappa shape index (κ1) is 17.8. The molecule has 0 radical (unpaired) electrons. The van der Waals surface area contributed by atoms with E-state index >= 15 is 0 Å². The molecule has 1 heterocycles. The maximum atomic E-state index is 14.0. The van der Waals surface area contributed by atoms with Gasteiger partial charge in [-0.2, -0.15) is 5.10 Å². The van der Waals surface area contributed by atoms with E-state index in [1.54, 1.807) is 25.1 Å². The van der Waals surface area contributed by atoms with Crippen LogP contribution in [-0.2, 0) is 0 Å². The molecule has 0 aliphatic rings. The van der Waals surface area contributed by atoms with Crippen molar-refractivity contribution in [1.29, 1.82) is 0 Å². The number of halogens is 2. The fraction of sp³-hybridized carbons (Fsp3) is 0.158. The largest absolute Gasteiger partial charge is 0.386 e. The van der Waals surface area contributed by atoms with Gasteiger partial charge in [0.2, 0.25) is 0 Å². The number of aliphatic hydroxyl groups excluding tert-OH is 1. The predicted octanol–water partition coefficient (Wildman–Crippen LogP) is 3.21. The summed E-state index contributed by atoms with van der Waals surface area (Å²) in [6.45, 7) is 1.55. The maximum Gasteiger partial charge on any atom is 0.255 e. The fourth-order valence-corrected chi connectivity index (χ4v) is 2.68. The summed E-state index contributed by atoms with van der Waals surface area (Å²) in [6, 6.07) is 11.0. The van der Waals surface area contributed by atoms with E-state index in [0.29, 0.717) is 0 Å². The molecule has 3 N–H and O–H groups in total.